The first kappa shape index (κ1) is 14.8. The smallest absolute Gasteiger partial charge is 0.0455 e. The minimum atomic E-state index is 0.420. The van der Waals surface area contributed by atoms with Gasteiger partial charge in [0.1, 0.15) is 0 Å². The van der Waals surface area contributed by atoms with Crippen molar-refractivity contribution in [3.05, 3.63) is 55.7 Å². The van der Waals surface area contributed by atoms with E-state index in [9.17, 15) is 0 Å². The highest BCUT2D eigenvalue weighted by Crippen LogP contribution is 2.29. The number of likely N-dealkylation sites (N-methyl/N-ethyl adjacent to an activating group) is 1. The third kappa shape index (κ3) is 3.91. The van der Waals surface area contributed by atoms with Gasteiger partial charge in [0, 0.05) is 20.3 Å². The predicted octanol–water partition coefficient (Wildman–Crippen LogP) is 5.02. The summed E-state index contributed by atoms with van der Waals surface area (Å²) in [5, 5.41) is 3.60. The Morgan fingerprint density at radius 3 is 2.42 bits per heavy atom. The molecule has 0 fully saturated rings. The summed E-state index contributed by atoms with van der Waals surface area (Å²) in [6.07, 6.45) is 1.04. The molecule has 2 aromatic rings. The van der Waals surface area contributed by atoms with Crippen LogP contribution in [-0.2, 0) is 6.42 Å². The van der Waals surface area contributed by atoms with Crippen LogP contribution >= 0.6 is 27.3 Å². The van der Waals surface area contributed by atoms with Crippen LogP contribution in [-0.4, -0.2) is 6.54 Å². The maximum Gasteiger partial charge on any atom is 0.0455 e. The van der Waals surface area contributed by atoms with E-state index in [1.165, 1.54) is 20.9 Å². The van der Waals surface area contributed by atoms with Crippen molar-refractivity contribution in [1.29, 1.82) is 0 Å². The van der Waals surface area contributed by atoms with E-state index in [4.69, 9.17) is 0 Å². The lowest BCUT2D eigenvalue weighted by molar-refractivity contribution is 0.558. The number of thiophene rings is 1. The van der Waals surface area contributed by atoms with Gasteiger partial charge in [-0.2, -0.15) is 0 Å². The Labute approximate surface area is 128 Å². The van der Waals surface area contributed by atoms with Crippen molar-refractivity contribution in [3.8, 4) is 0 Å². The van der Waals surface area contributed by atoms with E-state index in [2.05, 4.69) is 72.3 Å². The van der Waals surface area contributed by atoms with Gasteiger partial charge in [-0.3, -0.25) is 0 Å². The zero-order valence-corrected chi connectivity index (χ0v) is 14.1. The third-order valence-corrected chi connectivity index (χ3v) is 5.13. The van der Waals surface area contributed by atoms with Crippen LogP contribution in [0.15, 0.2) is 34.8 Å². The van der Waals surface area contributed by atoms with Crippen molar-refractivity contribution >= 4 is 27.3 Å². The highest BCUT2D eigenvalue weighted by atomic mass is 79.9. The summed E-state index contributed by atoms with van der Waals surface area (Å²) in [5.41, 5.74) is 2.77. The van der Waals surface area contributed by atoms with Crippen molar-refractivity contribution < 1.29 is 0 Å². The Bertz CT molecular complexity index is 511. The number of halogens is 1. The maximum absolute atomic E-state index is 3.60. The van der Waals surface area contributed by atoms with Gasteiger partial charge >= 0.3 is 0 Å². The van der Waals surface area contributed by atoms with E-state index in [-0.39, 0.29) is 0 Å². The second-order valence-electron chi connectivity index (χ2n) is 4.83. The van der Waals surface area contributed by atoms with Crippen molar-refractivity contribution in [2.45, 2.75) is 33.2 Å². The first-order chi connectivity index (χ1) is 9.10. The quantitative estimate of drug-likeness (QED) is 0.807. The van der Waals surface area contributed by atoms with Crippen LogP contribution in [0.2, 0.25) is 0 Å². The standard InChI is InChI=1S/C16H20BrNS/c1-4-18-15(16-9-11(2)12(3)19-16)10-13-5-7-14(17)8-6-13/h5-9,15,18H,4,10H2,1-3H3. The SMILES string of the molecule is CCNC(Cc1ccc(Br)cc1)c1cc(C)c(C)s1. The summed E-state index contributed by atoms with van der Waals surface area (Å²) >= 11 is 5.40. The largest absolute Gasteiger partial charge is 0.309 e. The summed E-state index contributed by atoms with van der Waals surface area (Å²) in [7, 11) is 0. The van der Waals surface area contributed by atoms with Gasteiger partial charge in [0.25, 0.3) is 0 Å². The molecular formula is C16H20BrNS. The molecule has 2 rings (SSSR count). The Kier molecular flexibility index (Phi) is 5.20. The highest BCUT2D eigenvalue weighted by molar-refractivity contribution is 9.10. The van der Waals surface area contributed by atoms with Gasteiger partial charge in [0.2, 0.25) is 0 Å². The van der Waals surface area contributed by atoms with Crippen LogP contribution in [0.5, 0.6) is 0 Å². The normalized spacial score (nSPS) is 12.6. The zero-order valence-electron chi connectivity index (χ0n) is 11.7. The fourth-order valence-electron chi connectivity index (χ4n) is 2.15. The first-order valence-corrected chi connectivity index (χ1v) is 8.26. The molecule has 3 heteroatoms. The van der Waals surface area contributed by atoms with E-state index >= 15 is 0 Å². The number of hydrogen-bond acceptors (Lipinski definition) is 2. The lowest BCUT2D eigenvalue weighted by Gasteiger charge is -2.16. The van der Waals surface area contributed by atoms with Crippen molar-refractivity contribution in [1.82, 2.24) is 5.32 Å². The van der Waals surface area contributed by atoms with E-state index in [1.54, 1.807) is 0 Å². The van der Waals surface area contributed by atoms with Crippen LogP contribution in [0.25, 0.3) is 0 Å². The van der Waals surface area contributed by atoms with Gasteiger partial charge in [-0.05, 0) is 56.1 Å². The van der Waals surface area contributed by atoms with Crippen molar-refractivity contribution in [2.75, 3.05) is 6.54 Å². The topological polar surface area (TPSA) is 12.0 Å². The molecule has 0 aliphatic carbocycles. The number of benzene rings is 1. The zero-order chi connectivity index (χ0) is 13.8. The summed E-state index contributed by atoms with van der Waals surface area (Å²) in [6, 6.07) is 11.4. The molecule has 1 N–H and O–H groups in total. The predicted molar refractivity (Wildman–Crippen MR) is 88.1 cm³/mol. The lowest BCUT2D eigenvalue weighted by Crippen LogP contribution is -2.22. The molecule has 1 heterocycles. The highest BCUT2D eigenvalue weighted by Gasteiger charge is 2.14. The molecule has 0 aliphatic heterocycles. The Hall–Kier alpha value is -0.640. The van der Waals surface area contributed by atoms with Gasteiger partial charge in [0.05, 0.1) is 0 Å². The average Bonchev–Trinajstić information content (AvgIpc) is 2.72. The molecule has 0 amide bonds. The molecule has 0 saturated carbocycles. The molecular weight excluding hydrogens is 318 g/mol. The summed E-state index contributed by atoms with van der Waals surface area (Å²) < 4.78 is 1.14. The van der Waals surface area contributed by atoms with Gasteiger partial charge in [-0.15, -0.1) is 11.3 Å². The molecule has 0 saturated heterocycles. The minimum absolute atomic E-state index is 0.420. The van der Waals surface area contributed by atoms with Gasteiger partial charge < -0.3 is 5.32 Å². The molecule has 1 nitrogen and oxygen atoms in total. The van der Waals surface area contributed by atoms with Crippen LogP contribution in [0.4, 0.5) is 0 Å². The van der Waals surface area contributed by atoms with Crippen molar-refractivity contribution in [3.63, 3.8) is 0 Å². The molecule has 1 aromatic carbocycles. The second-order valence-corrected chi connectivity index (χ2v) is 7.03. The number of rotatable bonds is 5. The first-order valence-electron chi connectivity index (χ1n) is 6.65. The van der Waals surface area contributed by atoms with Crippen LogP contribution in [0.1, 0.15) is 33.8 Å². The summed E-state index contributed by atoms with van der Waals surface area (Å²) in [6.45, 7) is 7.56. The van der Waals surface area contributed by atoms with Gasteiger partial charge in [-0.1, -0.05) is 35.0 Å². The number of hydrogen-bond donors (Lipinski definition) is 1. The van der Waals surface area contributed by atoms with Gasteiger partial charge in [-0.25, -0.2) is 0 Å². The molecule has 102 valence electrons. The summed E-state index contributed by atoms with van der Waals surface area (Å²) in [5.74, 6) is 0. The van der Waals surface area contributed by atoms with E-state index in [0.717, 1.165) is 17.4 Å². The van der Waals surface area contributed by atoms with Crippen LogP contribution < -0.4 is 5.32 Å². The fourth-order valence-corrected chi connectivity index (χ4v) is 3.53. The van der Waals surface area contributed by atoms with E-state index < -0.39 is 0 Å². The molecule has 0 spiro atoms. The van der Waals surface area contributed by atoms with E-state index in [1.807, 2.05) is 11.3 Å². The van der Waals surface area contributed by atoms with Crippen LogP contribution in [0.3, 0.4) is 0 Å². The third-order valence-electron chi connectivity index (χ3n) is 3.33. The molecule has 0 radical (unpaired) electrons. The summed E-state index contributed by atoms with van der Waals surface area (Å²) in [4.78, 5) is 2.87. The van der Waals surface area contributed by atoms with Crippen LogP contribution in [0, 0.1) is 13.8 Å². The molecule has 1 atom stereocenters. The molecule has 1 aromatic heterocycles. The lowest BCUT2D eigenvalue weighted by atomic mass is 10.0. The number of aryl methyl sites for hydroxylation is 2. The minimum Gasteiger partial charge on any atom is -0.309 e. The second kappa shape index (κ2) is 6.69. The Balaban J connectivity index is 2.18. The molecule has 1 unspecified atom stereocenters. The van der Waals surface area contributed by atoms with Gasteiger partial charge in [0.15, 0.2) is 0 Å². The Morgan fingerprint density at radius 1 is 1.21 bits per heavy atom. The monoisotopic (exact) mass is 337 g/mol. The Morgan fingerprint density at radius 2 is 1.89 bits per heavy atom. The van der Waals surface area contributed by atoms with Crippen molar-refractivity contribution in [2.24, 2.45) is 0 Å². The van der Waals surface area contributed by atoms with E-state index in [0.29, 0.717) is 6.04 Å². The maximum atomic E-state index is 3.60. The molecule has 0 bridgehead atoms. The average molecular weight is 338 g/mol. The fraction of sp³-hybridized carbons (Fsp3) is 0.375. The number of nitrogens with one attached hydrogen (secondary N) is 1. The molecule has 0 aliphatic rings. The molecule has 19 heavy (non-hydrogen) atoms.